The van der Waals surface area contributed by atoms with Crippen molar-refractivity contribution in [3.63, 3.8) is 0 Å². The maximum Gasteiger partial charge on any atom is 0.353 e. The standard InChI is InChI=1S/C16H11F2NO4S2/c1-25(22,23)9-3-4-10-12(7-9)19-14(16(20)21)15(10)24-13-5-2-8(17)6-11(13)18/h2-7,19H,1H3,(H,20,21). The number of hydrogen-bond donors (Lipinski definition) is 2. The second-order valence-corrected chi connectivity index (χ2v) is 8.36. The largest absolute Gasteiger partial charge is 0.477 e. The first-order valence-electron chi connectivity index (χ1n) is 6.89. The second-order valence-electron chi connectivity index (χ2n) is 5.29. The number of fused-ring (bicyclic) bond motifs is 1. The van der Waals surface area contributed by atoms with Crippen LogP contribution in [0.15, 0.2) is 51.1 Å². The maximum absolute atomic E-state index is 13.9. The molecule has 0 aliphatic heterocycles. The SMILES string of the molecule is CS(=O)(=O)c1ccc2c(Sc3ccc(F)cc3F)c(C(=O)O)[nH]c2c1. The third kappa shape index (κ3) is 3.38. The van der Waals surface area contributed by atoms with Crippen molar-refractivity contribution in [1.82, 2.24) is 4.98 Å². The highest BCUT2D eigenvalue weighted by Crippen LogP contribution is 2.38. The van der Waals surface area contributed by atoms with Gasteiger partial charge in [-0.3, -0.25) is 0 Å². The average molecular weight is 383 g/mol. The number of nitrogens with one attached hydrogen (secondary N) is 1. The number of H-pyrrole nitrogens is 1. The van der Waals surface area contributed by atoms with Crippen molar-refractivity contribution in [3.05, 3.63) is 53.7 Å². The third-order valence-electron chi connectivity index (χ3n) is 3.47. The summed E-state index contributed by atoms with van der Waals surface area (Å²) >= 11 is 0.824. The van der Waals surface area contributed by atoms with Gasteiger partial charge in [-0.15, -0.1) is 0 Å². The highest BCUT2D eigenvalue weighted by Gasteiger charge is 2.21. The van der Waals surface area contributed by atoms with Crippen molar-refractivity contribution in [2.45, 2.75) is 14.7 Å². The van der Waals surface area contributed by atoms with Crippen LogP contribution in [0.3, 0.4) is 0 Å². The van der Waals surface area contributed by atoms with Gasteiger partial charge in [0, 0.05) is 28.1 Å². The molecule has 0 atom stereocenters. The summed E-state index contributed by atoms with van der Waals surface area (Å²) in [5.74, 6) is -2.83. The number of rotatable bonds is 4. The molecule has 1 heterocycles. The van der Waals surface area contributed by atoms with Gasteiger partial charge in [-0.25, -0.2) is 22.0 Å². The Balaban J connectivity index is 2.18. The number of sulfone groups is 1. The van der Waals surface area contributed by atoms with E-state index in [-0.39, 0.29) is 20.4 Å². The van der Waals surface area contributed by atoms with Crippen LogP contribution < -0.4 is 0 Å². The topological polar surface area (TPSA) is 87.2 Å². The normalized spacial score (nSPS) is 11.8. The van der Waals surface area contributed by atoms with Gasteiger partial charge in [-0.1, -0.05) is 17.8 Å². The minimum Gasteiger partial charge on any atom is -0.477 e. The van der Waals surface area contributed by atoms with E-state index in [1.807, 2.05) is 0 Å². The fraction of sp³-hybridized carbons (Fsp3) is 0.0625. The van der Waals surface area contributed by atoms with Crippen molar-refractivity contribution < 1.29 is 27.1 Å². The molecule has 0 radical (unpaired) electrons. The van der Waals surface area contributed by atoms with Crippen LogP contribution in [0.2, 0.25) is 0 Å². The van der Waals surface area contributed by atoms with Gasteiger partial charge < -0.3 is 10.1 Å². The summed E-state index contributed by atoms with van der Waals surface area (Å²) in [7, 11) is -3.46. The fourth-order valence-corrected chi connectivity index (χ4v) is 3.99. The van der Waals surface area contributed by atoms with Crippen LogP contribution in [0.1, 0.15) is 10.5 Å². The summed E-state index contributed by atoms with van der Waals surface area (Å²) in [6.07, 6.45) is 1.04. The van der Waals surface area contributed by atoms with Gasteiger partial charge in [0.1, 0.15) is 17.3 Å². The molecule has 9 heteroatoms. The van der Waals surface area contributed by atoms with Crippen LogP contribution in [-0.2, 0) is 9.84 Å². The summed E-state index contributed by atoms with van der Waals surface area (Å²) < 4.78 is 50.2. The summed E-state index contributed by atoms with van der Waals surface area (Å²) in [6, 6.07) is 7.12. The molecule has 2 N–H and O–H groups in total. The fourth-order valence-electron chi connectivity index (χ4n) is 2.31. The van der Waals surface area contributed by atoms with Gasteiger partial charge in [0.2, 0.25) is 0 Å². The maximum atomic E-state index is 13.9. The number of hydrogen-bond acceptors (Lipinski definition) is 4. The van der Waals surface area contributed by atoms with E-state index in [1.165, 1.54) is 24.3 Å². The zero-order valence-electron chi connectivity index (χ0n) is 12.7. The van der Waals surface area contributed by atoms with Gasteiger partial charge in [0.05, 0.1) is 9.79 Å². The van der Waals surface area contributed by atoms with Crippen LogP contribution in [0, 0.1) is 11.6 Å². The molecule has 3 rings (SSSR count). The van der Waals surface area contributed by atoms with E-state index in [1.54, 1.807) is 0 Å². The Kier molecular flexibility index (Phi) is 4.29. The number of carboxylic acid groups (broad SMARTS) is 1. The zero-order valence-corrected chi connectivity index (χ0v) is 14.3. The number of aromatic nitrogens is 1. The van der Waals surface area contributed by atoms with Crippen LogP contribution in [-0.4, -0.2) is 30.7 Å². The van der Waals surface area contributed by atoms with E-state index in [0.717, 1.165) is 24.1 Å². The minimum absolute atomic E-state index is 0.0303. The molecule has 0 aliphatic rings. The van der Waals surface area contributed by atoms with Crippen LogP contribution in [0.25, 0.3) is 10.9 Å². The molecular formula is C16H11F2NO4S2. The van der Waals surface area contributed by atoms with Crippen LogP contribution >= 0.6 is 11.8 Å². The van der Waals surface area contributed by atoms with E-state index in [4.69, 9.17) is 0 Å². The Hall–Kier alpha value is -2.39. The predicted octanol–water partition coefficient (Wildman–Crippen LogP) is 3.70. The smallest absolute Gasteiger partial charge is 0.353 e. The monoisotopic (exact) mass is 383 g/mol. The Morgan fingerprint density at radius 2 is 1.88 bits per heavy atom. The Labute approximate surface area is 145 Å². The highest BCUT2D eigenvalue weighted by atomic mass is 32.2. The number of benzene rings is 2. The molecule has 0 saturated heterocycles. The lowest BCUT2D eigenvalue weighted by Crippen LogP contribution is -1.98. The predicted molar refractivity (Wildman–Crippen MR) is 88.8 cm³/mol. The van der Waals surface area contributed by atoms with Crippen molar-refractivity contribution >= 4 is 38.5 Å². The van der Waals surface area contributed by atoms with E-state index in [9.17, 15) is 27.1 Å². The molecule has 0 amide bonds. The lowest BCUT2D eigenvalue weighted by atomic mass is 10.2. The molecule has 25 heavy (non-hydrogen) atoms. The molecule has 0 spiro atoms. The number of aromatic carboxylic acids is 1. The summed E-state index contributed by atoms with van der Waals surface area (Å²) in [5, 5.41) is 9.80. The second kappa shape index (κ2) is 6.16. The molecule has 0 bridgehead atoms. The Morgan fingerprint density at radius 3 is 2.48 bits per heavy atom. The first-order valence-corrected chi connectivity index (χ1v) is 9.59. The van der Waals surface area contributed by atoms with E-state index in [0.29, 0.717) is 17.0 Å². The first kappa shape index (κ1) is 17.4. The summed E-state index contributed by atoms with van der Waals surface area (Å²) in [6.45, 7) is 0. The van der Waals surface area contributed by atoms with Crippen molar-refractivity contribution in [1.29, 1.82) is 0 Å². The third-order valence-corrected chi connectivity index (χ3v) is 5.76. The molecule has 0 saturated carbocycles. The number of carbonyl (C=O) groups is 1. The molecular weight excluding hydrogens is 372 g/mol. The Bertz CT molecular complexity index is 1110. The van der Waals surface area contributed by atoms with Crippen molar-refractivity contribution in [3.8, 4) is 0 Å². The van der Waals surface area contributed by atoms with Crippen molar-refractivity contribution in [2.24, 2.45) is 0 Å². The zero-order chi connectivity index (χ0) is 18.4. The Morgan fingerprint density at radius 1 is 1.16 bits per heavy atom. The van der Waals surface area contributed by atoms with Crippen LogP contribution in [0.4, 0.5) is 8.78 Å². The molecule has 0 fully saturated rings. The number of halogens is 2. The summed E-state index contributed by atoms with van der Waals surface area (Å²) in [4.78, 5) is 14.4. The molecule has 1 aromatic heterocycles. The molecule has 5 nitrogen and oxygen atoms in total. The van der Waals surface area contributed by atoms with Gasteiger partial charge in [0.15, 0.2) is 9.84 Å². The van der Waals surface area contributed by atoms with E-state index in [2.05, 4.69) is 4.98 Å². The minimum atomic E-state index is -3.46. The number of aromatic amines is 1. The van der Waals surface area contributed by atoms with E-state index >= 15 is 0 Å². The molecule has 0 unspecified atom stereocenters. The van der Waals surface area contributed by atoms with Gasteiger partial charge >= 0.3 is 5.97 Å². The molecule has 130 valence electrons. The van der Waals surface area contributed by atoms with Crippen molar-refractivity contribution in [2.75, 3.05) is 6.26 Å². The molecule has 2 aromatic carbocycles. The van der Waals surface area contributed by atoms with Crippen LogP contribution in [0.5, 0.6) is 0 Å². The lowest BCUT2D eigenvalue weighted by Gasteiger charge is -2.04. The quantitative estimate of drug-likeness (QED) is 0.717. The molecule has 3 aromatic rings. The molecule has 0 aliphatic carbocycles. The summed E-state index contributed by atoms with van der Waals surface area (Å²) in [5.41, 5.74) is 0.0970. The van der Waals surface area contributed by atoms with Gasteiger partial charge in [0.25, 0.3) is 0 Å². The number of carboxylic acids is 1. The first-order chi connectivity index (χ1) is 11.7. The van der Waals surface area contributed by atoms with E-state index < -0.39 is 27.4 Å². The van der Waals surface area contributed by atoms with Gasteiger partial charge in [-0.2, -0.15) is 0 Å². The lowest BCUT2D eigenvalue weighted by molar-refractivity contribution is 0.0687. The average Bonchev–Trinajstić information content (AvgIpc) is 2.87. The highest BCUT2D eigenvalue weighted by molar-refractivity contribution is 7.99. The van der Waals surface area contributed by atoms with Gasteiger partial charge in [-0.05, 0) is 24.3 Å².